The summed E-state index contributed by atoms with van der Waals surface area (Å²) in [5, 5.41) is 14.5. The van der Waals surface area contributed by atoms with E-state index in [2.05, 4.69) is 59.0 Å². The van der Waals surface area contributed by atoms with Crippen molar-refractivity contribution < 1.29 is 19.4 Å². The zero-order chi connectivity index (χ0) is 30.8. The minimum Gasteiger partial charge on any atom is -0.496 e. The number of aryl methyl sites for hydroxylation is 1. The number of carbonyl (C=O) groups is 2. The lowest BCUT2D eigenvalue weighted by Gasteiger charge is -2.35. The van der Waals surface area contributed by atoms with E-state index >= 15 is 0 Å². The highest BCUT2D eigenvalue weighted by atomic mass is 16.5. The van der Waals surface area contributed by atoms with Crippen LogP contribution < -0.4 is 10.1 Å². The van der Waals surface area contributed by atoms with Crippen molar-refractivity contribution >= 4 is 11.9 Å². The van der Waals surface area contributed by atoms with Gasteiger partial charge in [0.05, 0.1) is 19.6 Å². The minimum atomic E-state index is -0.993. The number of nitrogens with zero attached hydrogens (tertiary/aromatic N) is 1. The Morgan fingerprint density at radius 2 is 1.55 bits per heavy atom. The smallest absolute Gasteiger partial charge is 0.326 e. The van der Waals surface area contributed by atoms with E-state index in [-0.39, 0.29) is 29.7 Å². The van der Waals surface area contributed by atoms with Crippen LogP contribution in [0.1, 0.15) is 75.4 Å². The Balaban J connectivity index is 1.82. The maximum absolute atomic E-state index is 14.2. The number of carboxylic acid groups (broad SMARTS) is 1. The molecule has 42 heavy (non-hydrogen) atoms. The molecule has 0 saturated carbocycles. The Morgan fingerprint density at radius 3 is 2.12 bits per heavy atom. The van der Waals surface area contributed by atoms with Gasteiger partial charge < -0.3 is 20.1 Å². The fraction of sp³-hybridized carbons (Fsp3) is 0.444. The molecule has 224 valence electrons. The van der Waals surface area contributed by atoms with Gasteiger partial charge in [-0.1, -0.05) is 108 Å². The second-order valence-electron chi connectivity index (χ2n) is 13.6. The highest BCUT2D eigenvalue weighted by Crippen LogP contribution is 2.48. The number of aliphatic carboxylic acids is 1. The van der Waals surface area contributed by atoms with Gasteiger partial charge in [0.15, 0.2) is 0 Å². The molecule has 1 saturated heterocycles. The number of benzene rings is 3. The van der Waals surface area contributed by atoms with Crippen LogP contribution in [-0.4, -0.2) is 41.1 Å². The molecule has 0 bridgehead atoms. The molecule has 4 rings (SSSR count). The van der Waals surface area contributed by atoms with Crippen LogP contribution in [0.2, 0.25) is 0 Å². The predicted octanol–water partition coefficient (Wildman–Crippen LogP) is 6.70. The SMILES string of the molecule is COc1ccc(C(C)(C)C)cc1CN[C@H]1[C@H](C(C)(C)C)[C@@H](C(=O)O)N(C(=O)Cc2ccccc2C)[C@H]1c1ccccc1. The first-order valence-electron chi connectivity index (χ1n) is 14.8. The zero-order valence-corrected chi connectivity index (χ0v) is 26.3. The fourth-order valence-electron chi connectivity index (χ4n) is 6.44. The third-order valence-corrected chi connectivity index (χ3v) is 8.63. The summed E-state index contributed by atoms with van der Waals surface area (Å²) in [5.41, 5.74) is 4.58. The van der Waals surface area contributed by atoms with Gasteiger partial charge in [-0.2, -0.15) is 0 Å². The standard InChI is InChI=1S/C36H46N2O4/c1-23-14-12-13-17-25(23)21-29(39)38-32(24-15-10-9-11-16-24)31(30(36(5,6)7)33(38)34(40)41)37-22-26-20-27(35(2,3)4)18-19-28(26)42-8/h9-20,30-33,37H,21-22H2,1-8H3,(H,40,41)/t30-,31-,32-,33-/m0/s1. The number of carbonyl (C=O) groups excluding carboxylic acids is 1. The van der Waals surface area contributed by atoms with Crippen molar-refractivity contribution in [2.75, 3.05) is 7.11 Å². The number of hydrogen-bond donors (Lipinski definition) is 2. The summed E-state index contributed by atoms with van der Waals surface area (Å²) in [6.07, 6.45) is 0.144. The molecule has 4 atom stereocenters. The first-order chi connectivity index (χ1) is 19.7. The van der Waals surface area contributed by atoms with Gasteiger partial charge in [-0.05, 0) is 46.1 Å². The average Bonchev–Trinajstić information content (AvgIpc) is 3.29. The van der Waals surface area contributed by atoms with Gasteiger partial charge in [0, 0.05) is 24.1 Å². The Labute approximate surface area is 251 Å². The monoisotopic (exact) mass is 570 g/mol. The largest absolute Gasteiger partial charge is 0.496 e. The zero-order valence-electron chi connectivity index (χ0n) is 26.3. The molecule has 1 amide bonds. The molecule has 0 aliphatic carbocycles. The fourth-order valence-corrected chi connectivity index (χ4v) is 6.44. The van der Waals surface area contributed by atoms with Gasteiger partial charge in [-0.15, -0.1) is 0 Å². The first kappa shape index (κ1) is 31.3. The lowest BCUT2D eigenvalue weighted by molar-refractivity contribution is -0.152. The molecule has 1 fully saturated rings. The Bertz CT molecular complexity index is 1400. The number of nitrogens with one attached hydrogen (secondary N) is 1. The number of likely N-dealkylation sites (tertiary alicyclic amines) is 1. The number of hydrogen-bond acceptors (Lipinski definition) is 4. The Morgan fingerprint density at radius 1 is 0.905 bits per heavy atom. The lowest BCUT2D eigenvalue weighted by atomic mass is 9.72. The quantitative estimate of drug-likeness (QED) is 0.315. The van der Waals surface area contributed by atoms with Gasteiger partial charge in [0.1, 0.15) is 11.8 Å². The number of amides is 1. The average molecular weight is 571 g/mol. The topological polar surface area (TPSA) is 78.9 Å². The molecule has 3 aromatic rings. The molecular formula is C36H46N2O4. The first-order valence-corrected chi connectivity index (χ1v) is 14.8. The summed E-state index contributed by atoms with van der Waals surface area (Å²) in [5.74, 6) is -0.751. The van der Waals surface area contributed by atoms with E-state index < -0.39 is 23.5 Å². The van der Waals surface area contributed by atoms with Crippen molar-refractivity contribution in [1.82, 2.24) is 10.2 Å². The Hall–Kier alpha value is -3.64. The molecule has 6 heteroatoms. The van der Waals surface area contributed by atoms with Crippen molar-refractivity contribution in [2.45, 2.75) is 85.0 Å². The third kappa shape index (κ3) is 6.54. The van der Waals surface area contributed by atoms with E-state index in [1.165, 1.54) is 5.56 Å². The summed E-state index contributed by atoms with van der Waals surface area (Å²) in [6.45, 7) is 15.2. The van der Waals surface area contributed by atoms with Crippen LogP contribution in [0, 0.1) is 18.3 Å². The van der Waals surface area contributed by atoms with Crippen molar-refractivity contribution in [3.05, 3.63) is 101 Å². The molecule has 0 spiro atoms. The molecule has 0 unspecified atom stereocenters. The maximum atomic E-state index is 14.2. The number of ether oxygens (including phenoxy) is 1. The van der Waals surface area contributed by atoms with Crippen molar-refractivity contribution in [3.63, 3.8) is 0 Å². The summed E-state index contributed by atoms with van der Waals surface area (Å²) in [6, 6.07) is 22.1. The van der Waals surface area contributed by atoms with Gasteiger partial charge >= 0.3 is 5.97 Å². The highest BCUT2D eigenvalue weighted by Gasteiger charge is 2.57. The van der Waals surface area contributed by atoms with Crippen molar-refractivity contribution in [2.24, 2.45) is 11.3 Å². The van der Waals surface area contributed by atoms with Crippen molar-refractivity contribution in [3.8, 4) is 5.75 Å². The summed E-state index contributed by atoms with van der Waals surface area (Å²) in [7, 11) is 1.67. The van der Waals surface area contributed by atoms with Gasteiger partial charge in [-0.3, -0.25) is 4.79 Å². The third-order valence-electron chi connectivity index (χ3n) is 8.63. The number of rotatable bonds is 8. The molecule has 3 aromatic carbocycles. The second kappa shape index (κ2) is 12.3. The van der Waals surface area contributed by atoms with Crippen LogP contribution in [0.4, 0.5) is 0 Å². The minimum absolute atomic E-state index is 0.0396. The molecule has 6 nitrogen and oxygen atoms in total. The van der Waals surface area contributed by atoms with E-state index in [0.29, 0.717) is 6.54 Å². The van der Waals surface area contributed by atoms with Gasteiger partial charge in [-0.25, -0.2) is 4.79 Å². The molecular weight excluding hydrogens is 524 g/mol. The molecule has 0 aromatic heterocycles. The van der Waals surface area contributed by atoms with Crippen LogP contribution in [0.25, 0.3) is 0 Å². The second-order valence-corrected chi connectivity index (χ2v) is 13.6. The predicted molar refractivity (Wildman–Crippen MR) is 168 cm³/mol. The van der Waals surface area contributed by atoms with Gasteiger partial charge in [0.25, 0.3) is 0 Å². The van der Waals surface area contributed by atoms with Crippen LogP contribution in [-0.2, 0) is 28.0 Å². The Kier molecular flexibility index (Phi) is 9.17. The maximum Gasteiger partial charge on any atom is 0.326 e. The molecule has 1 aliphatic rings. The van der Waals surface area contributed by atoms with Crippen LogP contribution in [0.15, 0.2) is 72.8 Å². The van der Waals surface area contributed by atoms with Crippen LogP contribution in [0.3, 0.4) is 0 Å². The lowest BCUT2D eigenvalue weighted by Crippen LogP contribution is -2.48. The van der Waals surface area contributed by atoms with Crippen LogP contribution in [0.5, 0.6) is 5.75 Å². The summed E-state index contributed by atoms with van der Waals surface area (Å²) >= 11 is 0. The van der Waals surface area contributed by atoms with Crippen LogP contribution >= 0.6 is 0 Å². The van der Waals surface area contributed by atoms with Gasteiger partial charge in [0.2, 0.25) is 5.91 Å². The number of carboxylic acids is 1. The van der Waals surface area contributed by atoms with E-state index in [4.69, 9.17) is 4.74 Å². The molecule has 1 heterocycles. The van der Waals surface area contributed by atoms with Crippen molar-refractivity contribution in [1.29, 1.82) is 0 Å². The highest BCUT2D eigenvalue weighted by molar-refractivity contribution is 5.87. The molecule has 2 N–H and O–H groups in total. The molecule has 1 aliphatic heterocycles. The number of methoxy groups -OCH3 is 1. The normalized spacial score (nSPS) is 20.9. The van der Waals surface area contributed by atoms with E-state index in [1.54, 1.807) is 12.0 Å². The molecule has 0 radical (unpaired) electrons. The summed E-state index contributed by atoms with van der Waals surface area (Å²) in [4.78, 5) is 29.0. The van der Waals surface area contributed by atoms with E-state index in [0.717, 1.165) is 28.0 Å². The van der Waals surface area contributed by atoms with E-state index in [1.807, 2.05) is 67.6 Å². The summed E-state index contributed by atoms with van der Waals surface area (Å²) < 4.78 is 5.73. The van der Waals surface area contributed by atoms with E-state index in [9.17, 15) is 14.7 Å².